The molecule has 0 spiro atoms. The second-order valence-electron chi connectivity index (χ2n) is 6.74. The number of carbonyl (C=O) groups is 2. The highest BCUT2D eigenvalue weighted by Gasteiger charge is 2.23. The fourth-order valence-electron chi connectivity index (χ4n) is 2.98. The largest absolute Gasteiger partial charge is 0.481 e. The highest BCUT2D eigenvalue weighted by molar-refractivity contribution is 5.76. The monoisotopic (exact) mass is 298 g/mol. The maximum atomic E-state index is 12.0. The highest BCUT2D eigenvalue weighted by atomic mass is 16.4. The lowest BCUT2D eigenvalue weighted by atomic mass is 9.97. The predicted octanol–water partition coefficient (Wildman–Crippen LogP) is 3.00. The van der Waals surface area contributed by atoms with Gasteiger partial charge in [-0.1, -0.05) is 40.0 Å². The van der Waals surface area contributed by atoms with Crippen LogP contribution in [0.25, 0.3) is 0 Å². The molecule has 0 saturated heterocycles. The molecule has 1 saturated carbocycles. The van der Waals surface area contributed by atoms with E-state index in [1.807, 2.05) is 13.8 Å². The van der Waals surface area contributed by atoms with E-state index in [2.05, 4.69) is 17.6 Å². The zero-order chi connectivity index (χ0) is 15.8. The Hall–Kier alpha value is -1.26. The molecule has 1 aliphatic rings. The number of urea groups is 1. The number of carbonyl (C=O) groups excluding carboxylic acids is 1. The Morgan fingerprint density at radius 2 is 1.86 bits per heavy atom. The van der Waals surface area contributed by atoms with Crippen LogP contribution in [0.4, 0.5) is 4.79 Å². The van der Waals surface area contributed by atoms with Crippen LogP contribution in [0, 0.1) is 17.8 Å². The molecule has 3 atom stereocenters. The number of hydrogen-bond acceptors (Lipinski definition) is 2. The zero-order valence-electron chi connectivity index (χ0n) is 13.5. The second kappa shape index (κ2) is 8.90. The van der Waals surface area contributed by atoms with Gasteiger partial charge < -0.3 is 15.7 Å². The van der Waals surface area contributed by atoms with Gasteiger partial charge in [-0.25, -0.2) is 4.79 Å². The van der Waals surface area contributed by atoms with Crippen molar-refractivity contribution in [1.82, 2.24) is 10.6 Å². The Morgan fingerprint density at radius 1 is 1.19 bits per heavy atom. The van der Waals surface area contributed by atoms with E-state index in [1.54, 1.807) is 0 Å². The van der Waals surface area contributed by atoms with Crippen LogP contribution >= 0.6 is 0 Å². The van der Waals surface area contributed by atoms with Crippen molar-refractivity contribution < 1.29 is 14.7 Å². The number of nitrogens with one attached hydrogen (secondary N) is 2. The van der Waals surface area contributed by atoms with Crippen molar-refractivity contribution in [3.8, 4) is 0 Å². The summed E-state index contributed by atoms with van der Waals surface area (Å²) in [5, 5.41) is 14.9. The minimum atomic E-state index is -0.841. The molecule has 5 heteroatoms. The van der Waals surface area contributed by atoms with Gasteiger partial charge in [-0.05, 0) is 31.1 Å². The van der Waals surface area contributed by atoms with Gasteiger partial charge in [0.1, 0.15) is 0 Å². The van der Waals surface area contributed by atoms with Crippen molar-refractivity contribution in [3.63, 3.8) is 0 Å². The molecule has 1 fully saturated rings. The first-order valence-corrected chi connectivity index (χ1v) is 8.17. The first kappa shape index (κ1) is 17.8. The molecule has 0 aromatic rings. The first-order chi connectivity index (χ1) is 9.90. The molecule has 1 rings (SSSR count). The summed E-state index contributed by atoms with van der Waals surface area (Å²) in [4.78, 5) is 23.1. The smallest absolute Gasteiger partial charge is 0.315 e. The Bertz CT molecular complexity index is 344. The number of hydrogen-bond donors (Lipinski definition) is 3. The van der Waals surface area contributed by atoms with E-state index in [1.165, 1.54) is 12.8 Å². The quantitative estimate of drug-likeness (QED) is 0.660. The average molecular weight is 298 g/mol. The Morgan fingerprint density at radius 3 is 2.48 bits per heavy atom. The van der Waals surface area contributed by atoms with Crippen molar-refractivity contribution in [3.05, 3.63) is 0 Å². The lowest BCUT2D eigenvalue weighted by molar-refractivity contribution is -0.142. The third-order valence-corrected chi connectivity index (χ3v) is 4.29. The lowest BCUT2D eigenvalue weighted by Crippen LogP contribution is -2.46. The van der Waals surface area contributed by atoms with Crippen molar-refractivity contribution in [2.45, 2.75) is 65.3 Å². The van der Waals surface area contributed by atoms with Crippen LogP contribution in [0.3, 0.4) is 0 Å². The molecule has 1 aliphatic carbocycles. The number of carboxylic acids is 1. The standard InChI is InChI=1S/C16H30N2O3/c1-11(2)9-13(15(19)20)10-17-16(21)18-14-8-6-4-5-7-12(14)3/h11-14H,4-10H2,1-3H3,(H,19,20)(H2,17,18,21). The topological polar surface area (TPSA) is 78.4 Å². The molecule has 5 nitrogen and oxygen atoms in total. The molecule has 2 amide bonds. The van der Waals surface area contributed by atoms with Crippen LogP contribution in [0.5, 0.6) is 0 Å². The van der Waals surface area contributed by atoms with Gasteiger partial charge in [-0.15, -0.1) is 0 Å². The van der Waals surface area contributed by atoms with Crippen molar-refractivity contribution >= 4 is 12.0 Å². The summed E-state index contributed by atoms with van der Waals surface area (Å²) >= 11 is 0. The van der Waals surface area contributed by atoms with Crippen molar-refractivity contribution in [1.29, 1.82) is 0 Å². The summed E-state index contributed by atoms with van der Waals surface area (Å²) in [6.07, 6.45) is 6.37. The number of carboxylic acid groups (broad SMARTS) is 1. The fourth-order valence-corrected chi connectivity index (χ4v) is 2.98. The van der Waals surface area contributed by atoms with Gasteiger partial charge in [0.2, 0.25) is 0 Å². The molecule has 0 heterocycles. The van der Waals surface area contributed by atoms with E-state index in [4.69, 9.17) is 5.11 Å². The van der Waals surface area contributed by atoms with Crippen LogP contribution in [0.2, 0.25) is 0 Å². The molecular formula is C16H30N2O3. The van der Waals surface area contributed by atoms with Crippen LogP contribution in [0.1, 0.15) is 59.3 Å². The maximum absolute atomic E-state index is 12.0. The Balaban J connectivity index is 2.39. The van der Waals surface area contributed by atoms with Crippen LogP contribution in [-0.4, -0.2) is 29.7 Å². The summed E-state index contributed by atoms with van der Waals surface area (Å²) in [5.41, 5.74) is 0. The summed E-state index contributed by atoms with van der Waals surface area (Å²) in [6.45, 7) is 6.35. The zero-order valence-corrected chi connectivity index (χ0v) is 13.5. The van der Waals surface area contributed by atoms with Crippen LogP contribution in [-0.2, 0) is 4.79 Å². The van der Waals surface area contributed by atoms with Gasteiger partial charge in [0, 0.05) is 12.6 Å². The Kier molecular flexibility index (Phi) is 7.54. The minimum absolute atomic E-state index is 0.195. The molecule has 0 aliphatic heterocycles. The van der Waals surface area contributed by atoms with Gasteiger partial charge in [-0.2, -0.15) is 0 Å². The summed E-state index contributed by atoms with van der Waals surface area (Å²) in [5.74, 6) is -0.559. The van der Waals surface area contributed by atoms with E-state index < -0.39 is 11.9 Å². The van der Waals surface area contributed by atoms with E-state index in [0.29, 0.717) is 18.3 Å². The summed E-state index contributed by atoms with van der Waals surface area (Å²) < 4.78 is 0. The molecule has 0 radical (unpaired) electrons. The Labute approximate surface area is 127 Å². The lowest BCUT2D eigenvalue weighted by Gasteiger charge is -2.23. The third-order valence-electron chi connectivity index (χ3n) is 4.29. The van der Waals surface area contributed by atoms with Crippen LogP contribution < -0.4 is 10.6 Å². The second-order valence-corrected chi connectivity index (χ2v) is 6.74. The molecule has 3 unspecified atom stereocenters. The van der Waals surface area contributed by atoms with Crippen molar-refractivity contribution in [2.75, 3.05) is 6.54 Å². The maximum Gasteiger partial charge on any atom is 0.315 e. The normalized spacial score (nSPS) is 24.2. The van der Waals surface area contributed by atoms with Gasteiger partial charge in [0.15, 0.2) is 0 Å². The van der Waals surface area contributed by atoms with E-state index in [0.717, 1.165) is 19.3 Å². The molecular weight excluding hydrogens is 268 g/mol. The van der Waals surface area contributed by atoms with E-state index in [9.17, 15) is 9.59 Å². The molecule has 3 N–H and O–H groups in total. The number of aliphatic carboxylic acids is 1. The fraction of sp³-hybridized carbons (Fsp3) is 0.875. The third kappa shape index (κ3) is 6.82. The molecule has 0 aromatic heterocycles. The summed E-state index contributed by atoms with van der Waals surface area (Å²) in [6, 6.07) is -0.0235. The van der Waals surface area contributed by atoms with Crippen LogP contribution in [0.15, 0.2) is 0 Å². The van der Waals surface area contributed by atoms with Gasteiger partial charge >= 0.3 is 12.0 Å². The molecule has 21 heavy (non-hydrogen) atoms. The predicted molar refractivity (Wildman–Crippen MR) is 83.2 cm³/mol. The first-order valence-electron chi connectivity index (χ1n) is 8.17. The van der Waals surface area contributed by atoms with Gasteiger partial charge in [-0.3, -0.25) is 4.79 Å². The van der Waals surface area contributed by atoms with E-state index in [-0.39, 0.29) is 18.6 Å². The molecule has 0 aromatic carbocycles. The SMILES string of the molecule is CC(C)CC(CNC(=O)NC1CCCCCC1C)C(=O)O. The van der Waals surface area contributed by atoms with Gasteiger partial charge in [0.05, 0.1) is 5.92 Å². The summed E-state index contributed by atoms with van der Waals surface area (Å²) in [7, 11) is 0. The average Bonchev–Trinajstić information content (AvgIpc) is 2.59. The number of amides is 2. The van der Waals surface area contributed by atoms with Gasteiger partial charge in [0.25, 0.3) is 0 Å². The minimum Gasteiger partial charge on any atom is -0.481 e. The number of rotatable bonds is 6. The van der Waals surface area contributed by atoms with E-state index >= 15 is 0 Å². The molecule has 122 valence electrons. The molecule has 0 bridgehead atoms. The van der Waals surface area contributed by atoms with Crippen molar-refractivity contribution in [2.24, 2.45) is 17.8 Å². The highest BCUT2D eigenvalue weighted by Crippen LogP contribution is 2.22.